The van der Waals surface area contributed by atoms with E-state index in [-0.39, 0.29) is 6.61 Å². The number of halogens is 3. The zero-order valence-corrected chi connectivity index (χ0v) is 19.0. The van der Waals surface area contributed by atoms with Crippen molar-refractivity contribution in [3.63, 3.8) is 0 Å². The van der Waals surface area contributed by atoms with E-state index in [4.69, 9.17) is 21.1 Å². The van der Waals surface area contributed by atoms with Crippen LogP contribution in [-0.4, -0.2) is 26.8 Å². The topological polar surface area (TPSA) is 74.1 Å². The lowest BCUT2D eigenvalue weighted by Crippen LogP contribution is -2.09. The fraction of sp³-hybridized carbons (Fsp3) is 0.350. The van der Waals surface area contributed by atoms with E-state index in [9.17, 15) is 4.39 Å². The molecule has 3 rings (SSSR count). The summed E-state index contributed by atoms with van der Waals surface area (Å²) >= 11 is 9.63. The van der Waals surface area contributed by atoms with Gasteiger partial charge in [0.2, 0.25) is 5.95 Å². The van der Waals surface area contributed by atoms with Crippen molar-refractivity contribution in [2.75, 3.05) is 11.9 Å². The average Bonchev–Trinajstić information content (AvgIpc) is 3.15. The first-order chi connectivity index (χ1) is 14.5. The number of nitrogens with one attached hydrogen (secondary N) is 1. The number of benzene rings is 2. The van der Waals surface area contributed by atoms with Crippen LogP contribution in [0, 0.1) is 5.82 Å². The van der Waals surface area contributed by atoms with Crippen LogP contribution in [0.5, 0.6) is 11.5 Å². The van der Waals surface area contributed by atoms with Gasteiger partial charge < -0.3 is 14.8 Å². The van der Waals surface area contributed by atoms with Crippen molar-refractivity contribution in [1.82, 2.24) is 20.2 Å². The first kappa shape index (κ1) is 22.3. The maximum absolute atomic E-state index is 14.1. The van der Waals surface area contributed by atoms with Crippen molar-refractivity contribution in [3.05, 3.63) is 56.8 Å². The highest BCUT2D eigenvalue weighted by molar-refractivity contribution is 9.10. The van der Waals surface area contributed by atoms with Crippen molar-refractivity contribution in [2.24, 2.45) is 0 Å². The van der Waals surface area contributed by atoms with E-state index >= 15 is 0 Å². The normalized spacial score (nSPS) is 10.8. The van der Waals surface area contributed by atoms with Crippen LogP contribution in [-0.2, 0) is 19.7 Å². The van der Waals surface area contributed by atoms with Crippen LogP contribution < -0.4 is 14.8 Å². The molecule has 0 aliphatic rings. The van der Waals surface area contributed by atoms with Crippen molar-refractivity contribution < 1.29 is 13.9 Å². The second-order valence-electron chi connectivity index (χ2n) is 6.41. The SMILES string of the molecule is CCCn1nnnc1NCc1cc(Br)c(OCc2c(F)cccc2Cl)c(OCC)c1. The number of nitrogens with zero attached hydrogens (tertiary/aromatic N) is 4. The molecule has 0 atom stereocenters. The first-order valence-corrected chi connectivity index (χ1v) is 10.7. The summed E-state index contributed by atoms with van der Waals surface area (Å²) in [5, 5.41) is 15.2. The summed E-state index contributed by atoms with van der Waals surface area (Å²) in [5.74, 6) is 1.21. The van der Waals surface area contributed by atoms with E-state index in [0.29, 0.717) is 45.7 Å². The summed E-state index contributed by atoms with van der Waals surface area (Å²) in [4.78, 5) is 0. The lowest BCUT2D eigenvalue weighted by molar-refractivity contribution is 0.264. The second-order valence-corrected chi connectivity index (χ2v) is 7.67. The minimum absolute atomic E-state index is 0.0203. The van der Waals surface area contributed by atoms with E-state index in [2.05, 4.69) is 43.7 Å². The molecule has 0 aliphatic carbocycles. The predicted molar refractivity (Wildman–Crippen MR) is 116 cm³/mol. The predicted octanol–water partition coefficient (Wildman–Crippen LogP) is 5.23. The van der Waals surface area contributed by atoms with Crippen molar-refractivity contribution in [3.8, 4) is 11.5 Å². The molecule has 10 heteroatoms. The third-order valence-corrected chi connectivity index (χ3v) is 5.15. The van der Waals surface area contributed by atoms with Gasteiger partial charge in [-0.25, -0.2) is 9.07 Å². The summed E-state index contributed by atoms with van der Waals surface area (Å²) in [7, 11) is 0. The summed E-state index contributed by atoms with van der Waals surface area (Å²) in [6.07, 6.45) is 0.928. The molecule has 0 radical (unpaired) electrons. The Kier molecular flexibility index (Phi) is 7.87. The molecule has 0 saturated carbocycles. The summed E-state index contributed by atoms with van der Waals surface area (Å²) < 4.78 is 28.1. The smallest absolute Gasteiger partial charge is 0.243 e. The van der Waals surface area contributed by atoms with Crippen LogP contribution in [0.4, 0.5) is 10.3 Å². The van der Waals surface area contributed by atoms with Gasteiger partial charge in [-0.3, -0.25) is 0 Å². The quantitative estimate of drug-likeness (QED) is 0.413. The molecule has 30 heavy (non-hydrogen) atoms. The van der Waals surface area contributed by atoms with E-state index in [1.54, 1.807) is 16.8 Å². The molecule has 0 aliphatic heterocycles. The second kappa shape index (κ2) is 10.6. The minimum atomic E-state index is -0.415. The lowest BCUT2D eigenvalue weighted by atomic mass is 10.2. The standard InChI is InChI=1S/C20H22BrClFN5O2/c1-3-8-28-20(25-26-27-28)24-11-13-9-15(21)19(18(10-13)29-4-2)30-12-14-16(22)6-5-7-17(14)23/h5-7,9-10H,3-4,8,11-12H2,1-2H3,(H,24,25,27). The van der Waals surface area contributed by atoms with Crippen LogP contribution >= 0.6 is 27.5 Å². The van der Waals surface area contributed by atoms with Crippen LogP contribution in [0.2, 0.25) is 5.02 Å². The van der Waals surface area contributed by atoms with Crippen molar-refractivity contribution in [1.29, 1.82) is 0 Å². The number of rotatable bonds is 10. The molecule has 0 bridgehead atoms. The highest BCUT2D eigenvalue weighted by Gasteiger charge is 2.15. The van der Waals surface area contributed by atoms with Gasteiger partial charge >= 0.3 is 0 Å². The number of hydrogen-bond acceptors (Lipinski definition) is 6. The van der Waals surface area contributed by atoms with Gasteiger partial charge in [0.05, 0.1) is 16.1 Å². The Morgan fingerprint density at radius 3 is 2.80 bits per heavy atom. The average molecular weight is 499 g/mol. The molecule has 0 saturated heterocycles. The van der Waals surface area contributed by atoms with Crippen LogP contribution in [0.15, 0.2) is 34.8 Å². The molecule has 0 spiro atoms. The number of hydrogen-bond donors (Lipinski definition) is 1. The zero-order valence-electron chi connectivity index (χ0n) is 16.7. The molecule has 160 valence electrons. The number of aromatic nitrogens is 4. The maximum atomic E-state index is 14.1. The van der Waals surface area contributed by atoms with Crippen LogP contribution in [0.1, 0.15) is 31.4 Å². The minimum Gasteiger partial charge on any atom is -0.490 e. The van der Waals surface area contributed by atoms with Crippen molar-refractivity contribution >= 4 is 33.5 Å². The molecule has 1 N–H and O–H groups in total. The molecule has 1 heterocycles. The highest BCUT2D eigenvalue weighted by atomic mass is 79.9. The fourth-order valence-electron chi connectivity index (χ4n) is 2.82. The Morgan fingerprint density at radius 2 is 2.07 bits per heavy atom. The fourth-order valence-corrected chi connectivity index (χ4v) is 3.64. The third kappa shape index (κ3) is 5.40. The molecule has 0 fully saturated rings. The Morgan fingerprint density at radius 1 is 1.23 bits per heavy atom. The van der Waals surface area contributed by atoms with Gasteiger partial charge in [0.15, 0.2) is 11.5 Å². The molecule has 3 aromatic rings. The number of tetrazole rings is 1. The molecular formula is C20H22BrClFN5O2. The zero-order chi connectivity index (χ0) is 21.5. The van der Waals surface area contributed by atoms with Gasteiger partial charge in [0, 0.05) is 18.7 Å². The van der Waals surface area contributed by atoms with Gasteiger partial charge in [-0.15, -0.1) is 0 Å². The Labute approximate surface area is 187 Å². The summed E-state index contributed by atoms with van der Waals surface area (Å²) in [6, 6.07) is 8.31. The van der Waals surface area contributed by atoms with Crippen molar-refractivity contribution in [2.45, 2.75) is 40.0 Å². The lowest BCUT2D eigenvalue weighted by Gasteiger charge is -2.16. The Hall–Kier alpha value is -2.39. The number of aryl methyl sites for hydroxylation is 1. The number of anilines is 1. The molecule has 7 nitrogen and oxygen atoms in total. The van der Waals surface area contributed by atoms with E-state index in [0.717, 1.165) is 18.5 Å². The monoisotopic (exact) mass is 497 g/mol. The van der Waals surface area contributed by atoms with Gasteiger partial charge in [0.1, 0.15) is 12.4 Å². The Balaban J connectivity index is 1.77. The van der Waals surface area contributed by atoms with E-state index < -0.39 is 5.82 Å². The highest BCUT2D eigenvalue weighted by Crippen LogP contribution is 2.38. The molecular weight excluding hydrogens is 477 g/mol. The van der Waals surface area contributed by atoms with Gasteiger partial charge in [-0.2, -0.15) is 0 Å². The van der Waals surface area contributed by atoms with Crippen LogP contribution in [0.3, 0.4) is 0 Å². The number of ether oxygens (including phenoxy) is 2. The molecule has 1 aromatic heterocycles. The third-order valence-electron chi connectivity index (χ3n) is 4.21. The largest absolute Gasteiger partial charge is 0.490 e. The van der Waals surface area contributed by atoms with Gasteiger partial charge in [0.25, 0.3) is 0 Å². The van der Waals surface area contributed by atoms with Crippen LogP contribution in [0.25, 0.3) is 0 Å². The van der Waals surface area contributed by atoms with Gasteiger partial charge in [-0.05, 0) is 69.5 Å². The summed E-state index contributed by atoms with van der Waals surface area (Å²) in [6.45, 7) is 5.60. The van der Waals surface area contributed by atoms with E-state index in [1.165, 1.54) is 6.07 Å². The molecule has 2 aromatic carbocycles. The molecule has 0 unspecified atom stereocenters. The molecule has 0 amide bonds. The van der Waals surface area contributed by atoms with Gasteiger partial charge in [-0.1, -0.05) is 29.7 Å². The Bertz CT molecular complexity index is 981. The van der Waals surface area contributed by atoms with E-state index in [1.807, 2.05) is 19.1 Å². The first-order valence-electron chi connectivity index (χ1n) is 9.54. The summed E-state index contributed by atoms with van der Waals surface area (Å²) in [5.41, 5.74) is 1.23. The maximum Gasteiger partial charge on any atom is 0.243 e.